The number of anilines is 1. The smallest absolute Gasteiger partial charge is 0.255 e. The van der Waals surface area contributed by atoms with E-state index in [-0.39, 0.29) is 41.7 Å². The van der Waals surface area contributed by atoms with E-state index in [0.29, 0.717) is 5.69 Å². The molecular weight excluding hydrogens is 420 g/mol. The minimum atomic E-state index is -3.72. The van der Waals surface area contributed by atoms with Gasteiger partial charge in [-0.1, -0.05) is 24.3 Å². The predicted molar refractivity (Wildman–Crippen MR) is 121 cm³/mol. The summed E-state index contributed by atoms with van der Waals surface area (Å²) in [5.74, 6) is 0.360. The molecule has 1 aliphatic heterocycles. The Morgan fingerprint density at radius 3 is 2.60 bits per heavy atom. The van der Waals surface area contributed by atoms with E-state index < -0.39 is 10.0 Å². The van der Waals surface area contributed by atoms with Crippen LogP contribution in [-0.2, 0) is 14.8 Å². The summed E-state index contributed by atoms with van der Waals surface area (Å²) >= 11 is 1.56. The number of carbonyl (C=O) groups is 1. The number of benzene rings is 2. The van der Waals surface area contributed by atoms with Gasteiger partial charge in [-0.05, 0) is 44.2 Å². The average molecular weight is 447 g/mol. The van der Waals surface area contributed by atoms with E-state index in [9.17, 15) is 13.2 Å². The molecule has 1 fully saturated rings. The Hall–Kier alpha value is -2.13. The molecule has 8 heteroatoms. The molecule has 2 aromatic carbocycles. The molecular formula is C22H26N2O4S2. The molecule has 160 valence electrons. The van der Waals surface area contributed by atoms with Gasteiger partial charge < -0.3 is 10.1 Å². The quantitative estimate of drug-likeness (QED) is 0.514. The SMILES string of the molecule is C=CCSc1ccccc1NC(=O)c1cccc(S(=O)(=O)N2CC(C)OC(C)C2)c1. The van der Waals surface area contributed by atoms with Crippen LogP contribution in [0.15, 0.2) is 71.0 Å². The fraction of sp³-hybridized carbons (Fsp3) is 0.318. The second kappa shape index (κ2) is 9.78. The second-order valence-corrected chi connectivity index (χ2v) is 10.2. The highest BCUT2D eigenvalue weighted by atomic mass is 32.2. The van der Waals surface area contributed by atoms with Gasteiger partial charge in [-0.25, -0.2) is 8.42 Å². The summed E-state index contributed by atoms with van der Waals surface area (Å²) in [5.41, 5.74) is 0.965. The van der Waals surface area contributed by atoms with E-state index in [1.807, 2.05) is 38.1 Å². The van der Waals surface area contributed by atoms with E-state index in [0.717, 1.165) is 10.6 Å². The second-order valence-electron chi connectivity index (χ2n) is 7.16. The van der Waals surface area contributed by atoms with Crippen molar-refractivity contribution in [2.24, 2.45) is 0 Å². The molecule has 6 nitrogen and oxygen atoms in total. The number of rotatable bonds is 7. The first-order valence-electron chi connectivity index (χ1n) is 9.71. The Morgan fingerprint density at radius 1 is 1.20 bits per heavy atom. The van der Waals surface area contributed by atoms with E-state index in [4.69, 9.17) is 4.74 Å². The van der Waals surface area contributed by atoms with E-state index >= 15 is 0 Å². The maximum absolute atomic E-state index is 13.1. The first-order valence-corrected chi connectivity index (χ1v) is 12.1. The number of nitrogens with one attached hydrogen (secondary N) is 1. The lowest BCUT2D eigenvalue weighted by Gasteiger charge is -2.34. The summed E-state index contributed by atoms with van der Waals surface area (Å²) in [4.78, 5) is 13.9. The fourth-order valence-corrected chi connectivity index (χ4v) is 5.70. The average Bonchev–Trinajstić information content (AvgIpc) is 2.72. The zero-order chi connectivity index (χ0) is 21.7. The number of ether oxygens (including phenoxy) is 1. The van der Waals surface area contributed by atoms with Crippen molar-refractivity contribution < 1.29 is 17.9 Å². The minimum absolute atomic E-state index is 0.103. The Balaban J connectivity index is 1.82. The largest absolute Gasteiger partial charge is 0.373 e. The highest BCUT2D eigenvalue weighted by molar-refractivity contribution is 7.99. The zero-order valence-corrected chi connectivity index (χ0v) is 18.7. The van der Waals surface area contributed by atoms with Gasteiger partial charge >= 0.3 is 0 Å². The van der Waals surface area contributed by atoms with Gasteiger partial charge in [-0.15, -0.1) is 18.3 Å². The Kier molecular flexibility index (Phi) is 7.36. The maximum atomic E-state index is 13.1. The van der Waals surface area contributed by atoms with Crippen LogP contribution in [0.1, 0.15) is 24.2 Å². The van der Waals surface area contributed by atoms with Gasteiger partial charge in [0.1, 0.15) is 0 Å². The molecule has 0 bridgehead atoms. The van der Waals surface area contributed by atoms with Gasteiger partial charge in [0.2, 0.25) is 10.0 Å². The lowest BCUT2D eigenvalue weighted by molar-refractivity contribution is -0.0440. The van der Waals surface area contributed by atoms with Crippen LogP contribution in [-0.4, -0.2) is 49.7 Å². The summed E-state index contributed by atoms with van der Waals surface area (Å²) in [6, 6.07) is 13.6. The topological polar surface area (TPSA) is 75.7 Å². The number of hydrogen-bond acceptors (Lipinski definition) is 5. The minimum Gasteiger partial charge on any atom is -0.373 e. The first-order chi connectivity index (χ1) is 14.3. The number of nitrogens with zero attached hydrogens (tertiary/aromatic N) is 1. The van der Waals surface area contributed by atoms with Gasteiger partial charge in [-0.2, -0.15) is 4.31 Å². The molecule has 1 N–H and O–H groups in total. The summed E-state index contributed by atoms with van der Waals surface area (Å²) in [6.45, 7) is 8.00. The molecule has 1 heterocycles. The Bertz CT molecular complexity index is 1010. The van der Waals surface area contributed by atoms with E-state index in [2.05, 4.69) is 11.9 Å². The molecule has 1 saturated heterocycles. The lowest BCUT2D eigenvalue weighted by Crippen LogP contribution is -2.48. The van der Waals surface area contributed by atoms with Gasteiger partial charge in [0, 0.05) is 29.3 Å². The molecule has 30 heavy (non-hydrogen) atoms. The fourth-order valence-electron chi connectivity index (χ4n) is 3.31. The van der Waals surface area contributed by atoms with Gasteiger partial charge in [0.05, 0.1) is 22.8 Å². The summed E-state index contributed by atoms with van der Waals surface area (Å²) < 4.78 is 33.3. The van der Waals surface area contributed by atoms with Crippen LogP contribution in [0, 0.1) is 0 Å². The molecule has 0 aromatic heterocycles. The summed E-state index contributed by atoms with van der Waals surface area (Å²) in [7, 11) is -3.72. The molecule has 0 saturated carbocycles. The number of hydrogen-bond donors (Lipinski definition) is 1. The standard InChI is InChI=1S/C22H26N2O4S2/c1-4-12-29-21-11-6-5-10-20(21)23-22(25)18-8-7-9-19(13-18)30(26,27)24-14-16(2)28-17(3)15-24/h4-11,13,16-17H,1,12,14-15H2,2-3H3,(H,23,25). The van der Waals surface area contributed by atoms with Crippen LogP contribution >= 0.6 is 11.8 Å². The Labute approximate surface area is 182 Å². The highest BCUT2D eigenvalue weighted by Gasteiger charge is 2.32. The predicted octanol–water partition coefficient (Wildman–Crippen LogP) is 4.01. The monoisotopic (exact) mass is 446 g/mol. The summed E-state index contributed by atoms with van der Waals surface area (Å²) in [6.07, 6.45) is 1.43. The van der Waals surface area contributed by atoms with Crippen molar-refractivity contribution in [3.63, 3.8) is 0 Å². The van der Waals surface area contributed by atoms with Crippen LogP contribution in [0.4, 0.5) is 5.69 Å². The number of thioether (sulfide) groups is 1. The molecule has 3 rings (SSSR count). The molecule has 0 radical (unpaired) electrons. The molecule has 0 aliphatic carbocycles. The highest BCUT2D eigenvalue weighted by Crippen LogP contribution is 2.28. The molecule has 1 aliphatic rings. The number of amides is 1. The van der Waals surface area contributed by atoms with Crippen molar-refractivity contribution >= 4 is 33.4 Å². The third kappa shape index (κ3) is 5.31. The van der Waals surface area contributed by atoms with Crippen molar-refractivity contribution in [3.05, 3.63) is 66.7 Å². The number of para-hydroxylation sites is 1. The van der Waals surface area contributed by atoms with E-state index in [1.165, 1.54) is 16.4 Å². The number of sulfonamides is 1. The third-order valence-corrected chi connectivity index (χ3v) is 7.51. The van der Waals surface area contributed by atoms with Gasteiger partial charge in [0.15, 0.2) is 0 Å². The number of morpholine rings is 1. The van der Waals surface area contributed by atoms with Crippen LogP contribution in [0.5, 0.6) is 0 Å². The normalized spacial score (nSPS) is 19.9. The zero-order valence-electron chi connectivity index (χ0n) is 17.1. The molecule has 2 aromatic rings. The van der Waals surface area contributed by atoms with Crippen LogP contribution in [0.2, 0.25) is 0 Å². The van der Waals surface area contributed by atoms with Crippen LogP contribution in [0.25, 0.3) is 0 Å². The molecule has 1 amide bonds. The maximum Gasteiger partial charge on any atom is 0.255 e. The van der Waals surface area contributed by atoms with Gasteiger partial charge in [0.25, 0.3) is 5.91 Å². The molecule has 2 atom stereocenters. The Morgan fingerprint density at radius 2 is 1.90 bits per heavy atom. The van der Waals surface area contributed by atoms with Crippen molar-refractivity contribution in [1.82, 2.24) is 4.31 Å². The van der Waals surface area contributed by atoms with E-state index in [1.54, 1.807) is 30.0 Å². The number of carbonyl (C=O) groups excluding carboxylic acids is 1. The van der Waals surface area contributed by atoms with Crippen LogP contribution in [0.3, 0.4) is 0 Å². The van der Waals surface area contributed by atoms with Crippen molar-refractivity contribution in [1.29, 1.82) is 0 Å². The van der Waals surface area contributed by atoms with Crippen molar-refractivity contribution in [2.45, 2.75) is 35.8 Å². The third-order valence-electron chi connectivity index (χ3n) is 4.61. The first kappa shape index (κ1) is 22.6. The molecule has 0 spiro atoms. The van der Waals surface area contributed by atoms with Crippen molar-refractivity contribution in [2.75, 3.05) is 24.2 Å². The van der Waals surface area contributed by atoms with Crippen LogP contribution < -0.4 is 5.32 Å². The lowest BCUT2D eigenvalue weighted by atomic mass is 10.2. The summed E-state index contributed by atoms with van der Waals surface area (Å²) in [5, 5.41) is 2.89. The van der Waals surface area contributed by atoms with Gasteiger partial charge in [-0.3, -0.25) is 4.79 Å². The molecule has 2 unspecified atom stereocenters. The van der Waals surface area contributed by atoms with Crippen molar-refractivity contribution in [3.8, 4) is 0 Å².